The molecule has 4 amide bonds. The van der Waals surface area contributed by atoms with Crippen LogP contribution in [0.4, 0.5) is 10.5 Å². The number of aromatic nitrogens is 1. The molecule has 1 fully saturated rings. The Morgan fingerprint density at radius 2 is 1.71 bits per heavy atom. The van der Waals surface area contributed by atoms with E-state index in [-0.39, 0.29) is 16.8 Å². The predicted octanol–water partition coefficient (Wildman–Crippen LogP) is 3.50. The number of carboxylic acid groups (broad SMARTS) is 1. The lowest BCUT2D eigenvalue weighted by molar-refractivity contribution is -0.122. The van der Waals surface area contributed by atoms with Crippen molar-refractivity contribution in [2.45, 2.75) is 0 Å². The third kappa shape index (κ3) is 3.84. The maximum absolute atomic E-state index is 13.0. The molecule has 0 aliphatic carbocycles. The average Bonchev–Trinajstić information content (AvgIpc) is 3.19. The van der Waals surface area contributed by atoms with Crippen molar-refractivity contribution in [2.24, 2.45) is 0 Å². The van der Waals surface area contributed by atoms with Crippen LogP contribution in [0.3, 0.4) is 0 Å². The highest BCUT2D eigenvalue weighted by Crippen LogP contribution is 2.25. The Labute approximate surface area is 181 Å². The number of benzene rings is 2. The van der Waals surface area contributed by atoms with E-state index < -0.39 is 23.8 Å². The van der Waals surface area contributed by atoms with Gasteiger partial charge in [-0.3, -0.25) is 14.9 Å². The van der Waals surface area contributed by atoms with E-state index in [9.17, 15) is 19.2 Å². The van der Waals surface area contributed by atoms with Crippen LogP contribution in [0.2, 0.25) is 5.02 Å². The monoisotopic (exact) mass is 435 g/mol. The van der Waals surface area contributed by atoms with Crippen molar-refractivity contribution in [2.75, 3.05) is 4.90 Å². The summed E-state index contributed by atoms with van der Waals surface area (Å²) in [6.45, 7) is 0. The maximum atomic E-state index is 13.0. The van der Waals surface area contributed by atoms with Crippen molar-refractivity contribution < 1.29 is 24.3 Å². The maximum Gasteiger partial charge on any atom is 0.335 e. The minimum atomic E-state index is -1.04. The molecule has 2 heterocycles. The van der Waals surface area contributed by atoms with Gasteiger partial charge >= 0.3 is 12.0 Å². The lowest BCUT2D eigenvalue weighted by Crippen LogP contribution is -2.54. The van der Waals surface area contributed by atoms with Crippen LogP contribution in [-0.2, 0) is 9.59 Å². The zero-order valence-corrected chi connectivity index (χ0v) is 16.5. The van der Waals surface area contributed by atoms with Crippen molar-refractivity contribution in [3.8, 4) is 5.69 Å². The number of rotatable bonds is 4. The third-order valence-corrected chi connectivity index (χ3v) is 4.87. The normalized spacial score (nSPS) is 15.3. The molecule has 0 radical (unpaired) electrons. The fraction of sp³-hybridized carbons (Fsp3) is 0. The van der Waals surface area contributed by atoms with Crippen LogP contribution in [-0.4, -0.2) is 33.5 Å². The first-order chi connectivity index (χ1) is 14.8. The molecule has 0 bridgehead atoms. The number of carbonyl (C=O) groups excluding carboxylic acids is 3. The first-order valence-corrected chi connectivity index (χ1v) is 9.41. The number of nitrogens with zero attached hydrogens (tertiary/aromatic N) is 2. The van der Waals surface area contributed by atoms with E-state index in [4.69, 9.17) is 16.7 Å². The summed E-state index contributed by atoms with van der Waals surface area (Å²) < 4.78 is 1.68. The number of aromatic carboxylic acids is 1. The summed E-state index contributed by atoms with van der Waals surface area (Å²) in [4.78, 5) is 49.6. The molecule has 2 N–H and O–H groups in total. The molecule has 0 saturated carbocycles. The summed E-state index contributed by atoms with van der Waals surface area (Å²) in [6.07, 6.45) is 3.07. The molecular weight excluding hydrogens is 422 g/mol. The molecule has 1 aliphatic rings. The molecule has 8 nitrogen and oxygen atoms in total. The lowest BCUT2D eigenvalue weighted by Gasteiger charge is -2.26. The van der Waals surface area contributed by atoms with Gasteiger partial charge in [0.15, 0.2) is 0 Å². The van der Waals surface area contributed by atoms with E-state index in [0.29, 0.717) is 16.4 Å². The summed E-state index contributed by atoms with van der Waals surface area (Å²) in [5, 5.41) is 11.5. The number of anilines is 1. The van der Waals surface area contributed by atoms with E-state index in [0.717, 1.165) is 4.90 Å². The van der Waals surface area contributed by atoms with E-state index in [1.807, 2.05) is 0 Å². The van der Waals surface area contributed by atoms with Gasteiger partial charge in [0.2, 0.25) is 0 Å². The number of nitrogens with one attached hydrogen (secondary N) is 1. The number of amides is 4. The Morgan fingerprint density at radius 1 is 0.968 bits per heavy atom. The van der Waals surface area contributed by atoms with Crippen LogP contribution in [0.25, 0.3) is 11.8 Å². The van der Waals surface area contributed by atoms with E-state index in [1.165, 1.54) is 30.3 Å². The molecular formula is C22H14ClN3O5. The van der Waals surface area contributed by atoms with E-state index >= 15 is 0 Å². The van der Waals surface area contributed by atoms with Gasteiger partial charge in [-0.05, 0) is 60.7 Å². The third-order valence-electron chi connectivity index (χ3n) is 4.63. The van der Waals surface area contributed by atoms with Crippen LogP contribution in [0.15, 0.2) is 72.4 Å². The highest BCUT2D eigenvalue weighted by molar-refractivity contribution is 6.39. The molecule has 0 unspecified atom stereocenters. The molecule has 2 aromatic carbocycles. The van der Waals surface area contributed by atoms with Crippen molar-refractivity contribution in [1.82, 2.24) is 9.88 Å². The van der Waals surface area contributed by atoms with E-state index in [1.54, 1.807) is 47.2 Å². The minimum absolute atomic E-state index is 0.133. The second kappa shape index (κ2) is 7.92. The van der Waals surface area contributed by atoms with Gasteiger partial charge in [-0.15, -0.1) is 0 Å². The Kier molecular flexibility index (Phi) is 5.14. The summed E-state index contributed by atoms with van der Waals surface area (Å²) in [5.41, 5.74) is 1.25. The summed E-state index contributed by atoms with van der Waals surface area (Å²) in [6, 6.07) is 14.8. The SMILES string of the molecule is O=C1NC(=O)N(c2cccc(Cl)c2)C(=O)/C1=C/c1cccn1-c1ccc(C(=O)O)cc1. The van der Waals surface area contributed by atoms with Gasteiger partial charge in [0.25, 0.3) is 11.8 Å². The summed E-state index contributed by atoms with van der Waals surface area (Å²) >= 11 is 5.97. The Bertz CT molecular complexity index is 1260. The van der Waals surface area contributed by atoms with Gasteiger partial charge in [-0.25, -0.2) is 14.5 Å². The second-order valence-corrected chi connectivity index (χ2v) is 7.03. The highest BCUT2D eigenvalue weighted by atomic mass is 35.5. The Balaban J connectivity index is 1.72. The van der Waals surface area contributed by atoms with Gasteiger partial charge in [-0.1, -0.05) is 17.7 Å². The van der Waals surface area contributed by atoms with Crippen molar-refractivity contribution in [3.63, 3.8) is 0 Å². The summed E-state index contributed by atoms with van der Waals surface area (Å²) in [7, 11) is 0. The highest BCUT2D eigenvalue weighted by Gasteiger charge is 2.37. The van der Waals surface area contributed by atoms with Gasteiger partial charge in [0.1, 0.15) is 5.57 Å². The van der Waals surface area contributed by atoms with Gasteiger partial charge < -0.3 is 9.67 Å². The predicted molar refractivity (Wildman–Crippen MR) is 113 cm³/mol. The van der Waals surface area contributed by atoms with Gasteiger partial charge in [0, 0.05) is 22.6 Å². The van der Waals surface area contributed by atoms with Crippen LogP contribution in [0.1, 0.15) is 16.1 Å². The smallest absolute Gasteiger partial charge is 0.335 e. The number of carbonyl (C=O) groups is 4. The fourth-order valence-electron chi connectivity index (χ4n) is 3.17. The quantitative estimate of drug-likeness (QED) is 0.481. The van der Waals surface area contributed by atoms with Crippen molar-refractivity contribution in [3.05, 3.63) is 88.7 Å². The number of imide groups is 2. The number of hydrogen-bond acceptors (Lipinski definition) is 4. The Hall–Kier alpha value is -4.17. The number of halogens is 1. The molecule has 0 spiro atoms. The molecule has 4 rings (SSSR count). The van der Waals surface area contributed by atoms with Gasteiger partial charge in [-0.2, -0.15) is 0 Å². The number of urea groups is 1. The van der Waals surface area contributed by atoms with Crippen molar-refractivity contribution >= 4 is 47.2 Å². The molecule has 0 atom stereocenters. The molecule has 9 heteroatoms. The first kappa shape index (κ1) is 20.1. The summed E-state index contributed by atoms with van der Waals surface area (Å²) in [5.74, 6) is -2.65. The standard InChI is InChI=1S/C22H14ClN3O5/c23-14-3-1-4-17(11-14)26-20(28)18(19(27)24-22(26)31)12-16-5-2-10-25(16)15-8-6-13(7-9-15)21(29)30/h1-12H,(H,29,30)(H,24,27,31)/b18-12+. The zero-order chi connectivity index (χ0) is 22.1. The lowest BCUT2D eigenvalue weighted by atomic mass is 10.1. The molecule has 1 aromatic heterocycles. The topological polar surface area (TPSA) is 109 Å². The Morgan fingerprint density at radius 3 is 2.39 bits per heavy atom. The molecule has 3 aromatic rings. The zero-order valence-electron chi connectivity index (χ0n) is 15.8. The molecule has 31 heavy (non-hydrogen) atoms. The number of barbiturate groups is 1. The average molecular weight is 436 g/mol. The first-order valence-electron chi connectivity index (χ1n) is 9.03. The molecule has 154 valence electrons. The van der Waals surface area contributed by atoms with Gasteiger partial charge in [0.05, 0.1) is 11.3 Å². The fourth-order valence-corrected chi connectivity index (χ4v) is 3.35. The van der Waals surface area contributed by atoms with Crippen LogP contribution in [0.5, 0.6) is 0 Å². The number of carboxylic acids is 1. The second-order valence-electron chi connectivity index (χ2n) is 6.59. The van der Waals surface area contributed by atoms with Crippen LogP contribution >= 0.6 is 11.6 Å². The van der Waals surface area contributed by atoms with Crippen LogP contribution < -0.4 is 10.2 Å². The minimum Gasteiger partial charge on any atom is -0.478 e. The molecule has 1 aliphatic heterocycles. The number of hydrogen-bond donors (Lipinski definition) is 2. The van der Waals surface area contributed by atoms with Crippen LogP contribution in [0, 0.1) is 0 Å². The van der Waals surface area contributed by atoms with E-state index in [2.05, 4.69) is 5.32 Å². The largest absolute Gasteiger partial charge is 0.478 e. The van der Waals surface area contributed by atoms with Crippen molar-refractivity contribution in [1.29, 1.82) is 0 Å². The molecule has 1 saturated heterocycles.